The van der Waals surface area contributed by atoms with Gasteiger partial charge in [0.25, 0.3) is 0 Å². The number of allylic oxidation sites excluding steroid dienone is 3. The molecule has 3 nitrogen and oxygen atoms in total. The molecule has 86 valence electrons. The van der Waals surface area contributed by atoms with Crippen LogP contribution in [0.15, 0.2) is 36.4 Å². The predicted molar refractivity (Wildman–Crippen MR) is 66.3 cm³/mol. The highest BCUT2D eigenvalue weighted by Crippen LogP contribution is 2.16. The van der Waals surface area contributed by atoms with Gasteiger partial charge in [0.05, 0.1) is 0 Å². The van der Waals surface area contributed by atoms with Gasteiger partial charge in [-0.1, -0.05) is 33.4 Å². The van der Waals surface area contributed by atoms with Crippen molar-refractivity contribution in [1.29, 1.82) is 0 Å². The molecular weight excluding hydrogens is 186 g/mol. The van der Waals surface area contributed by atoms with Crippen LogP contribution in [0.3, 0.4) is 0 Å². The van der Waals surface area contributed by atoms with E-state index in [4.69, 9.17) is 5.84 Å². The molecule has 3 heteroatoms. The SMILES string of the molecule is C=CN(N)/C(=C/C)N/C(C)=C\C(C)(C)C. The number of hydrogen-bond acceptors (Lipinski definition) is 3. The average molecular weight is 209 g/mol. The molecule has 0 aliphatic carbocycles. The van der Waals surface area contributed by atoms with Crippen LogP contribution in [-0.4, -0.2) is 5.01 Å². The summed E-state index contributed by atoms with van der Waals surface area (Å²) < 4.78 is 0. The van der Waals surface area contributed by atoms with Crippen molar-refractivity contribution in [3.8, 4) is 0 Å². The quantitative estimate of drug-likeness (QED) is 0.552. The lowest BCUT2D eigenvalue weighted by atomic mass is 9.95. The van der Waals surface area contributed by atoms with Gasteiger partial charge in [-0.25, -0.2) is 5.84 Å². The van der Waals surface area contributed by atoms with Crippen LogP contribution in [0.4, 0.5) is 0 Å². The Morgan fingerprint density at radius 3 is 2.27 bits per heavy atom. The second-order valence-electron chi connectivity index (χ2n) is 4.58. The highest BCUT2D eigenvalue weighted by Gasteiger charge is 2.07. The predicted octanol–water partition coefficient (Wildman–Crippen LogP) is 2.71. The molecule has 0 aromatic heterocycles. The van der Waals surface area contributed by atoms with E-state index in [9.17, 15) is 0 Å². The Morgan fingerprint density at radius 2 is 1.93 bits per heavy atom. The van der Waals surface area contributed by atoms with Gasteiger partial charge in [-0.05, 0) is 25.3 Å². The summed E-state index contributed by atoms with van der Waals surface area (Å²) in [6, 6.07) is 0. The van der Waals surface area contributed by atoms with Gasteiger partial charge in [0.1, 0.15) is 5.82 Å². The molecule has 0 heterocycles. The van der Waals surface area contributed by atoms with Crippen LogP contribution < -0.4 is 11.2 Å². The van der Waals surface area contributed by atoms with E-state index in [1.54, 1.807) is 6.20 Å². The van der Waals surface area contributed by atoms with Gasteiger partial charge in [0.2, 0.25) is 0 Å². The fraction of sp³-hybridized carbons (Fsp3) is 0.500. The van der Waals surface area contributed by atoms with E-state index in [1.165, 1.54) is 5.01 Å². The van der Waals surface area contributed by atoms with Gasteiger partial charge in [0.15, 0.2) is 0 Å². The van der Waals surface area contributed by atoms with Crippen molar-refractivity contribution in [2.24, 2.45) is 11.3 Å². The van der Waals surface area contributed by atoms with Crippen molar-refractivity contribution in [3.63, 3.8) is 0 Å². The molecule has 0 spiro atoms. The van der Waals surface area contributed by atoms with E-state index in [1.807, 2.05) is 19.9 Å². The molecule has 0 saturated carbocycles. The van der Waals surface area contributed by atoms with Gasteiger partial charge in [-0.3, -0.25) is 5.01 Å². The molecule has 0 saturated heterocycles. The number of nitrogens with one attached hydrogen (secondary N) is 1. The Bertz CT molecular complexity index is 269. The van der Waals surface area contributed by atoms with Crippen molar-refractivity contribution in [2.45, 2.75) is 34.6 Å². The molecule has 0 radical (unpaired) electrons. The Morgan fingerprint density at radius 1 is 1.40 bits per heavy atom. The van der Waals surface area contributed by atoms with Crippen molar-refractivity contribution in [2.75, 3.05) is 0 Å². The number of nitrogens with two attached hydrogens (primary N) is 1. The maximum Gasteiger partial charge on any atom is 0.120 e. The Hall–Kier alpha value is -1.22. The molecule has 3 N–H and O–H groups in total. The molecule has 0 rings (SSSR count). The molecular formula is C12H23N3. The standard InChI is InChI=1S/C12H23N3/c1-7-11(15(13)8-2)14-10(3)9-12(4,5)6/h7-9,14H,2,13H2,1,3-6H3/b10-9-,11-7+. The largest absolute Gasteiger partial charge is 0.345 e. The highest BCUT2D eigenvalue weighted by atomic mass is 15.4. The minimum Gasteiger partial charge on any atom is -0.345 e. The summed E-state index contributed by atoms with van der Waals surface area (Å²) in [6.45, 7) is 14.0. The summed E-state index contributed by atoms with van der Waals surface area (Å²) in [5.41, 5.74) is 1.23. The Balaban J connectivity index is 4.59. The van der Waals surface area contributed by atoms with Crippen LogP contribution in [0.25, 0.3) is 0 Å². The smallest absolute Gasteiger partial charge is 0.120 e. The van der Waals surface area contributed by atoms with E-state index in [2.05, 4.69) is 38.7 Å². The molecule has 0 amide bonds. The Kier molecular flexibility index (Phi) is 5.15. The second-order valence-corrected chi connectivity index (χ2v) is 4.58. The maximum atomic E-state index is 5.70. The number of nitrogens with zero attached hydrogens (tertiary/aromatic N) is 1. The summed E-state index contributed by atoms with van der Waals surface area (Å²) in [4.78, 5) is 0. The van der Waals surface area contributed by atoms with Crippen LogP contribution in [-0.2, 0) is 0 Å². The fourth-order valence-corrected chi connectivity index (χ4v) is 1.27. The fourth-order valence-electron chi connectivity index (χ4n) is 1.27. The van der Waals surface area contributed by atoms with Gasteiger partial charge >= 0.3 is 0 Å². The van der Waals surface area contributed by atoms with Crippen LogP contribution in [0, 0.1) is 5.41 Å². The van der Waals surface area contributed by atoms with E-state index in [0.717, 1.165) is 11.5 Å². The summed E-state index contributed by atoms with van der Waals surface area (Å²) in [7, 11) is 0. The molecule has 0 aliphatic heterocycles. The van der Waals surface area contributed by atoms with E-state index in [-0.39, 0.29) is 5.41 Å². The number of hydrazine groups is 1. The van der Waals surface area contributed by atoms with E-state index in [0.29, 0.717) is 0 Å². The third-order valence-corrected chi connectivity index (χ3v) is 1.72. The molecule has 0 aliphatic rings. The minimum absolute atomic E-state index is 0.156. The second kappa shape index (κ2) is 5.61. The first-order chi connectivity index (χ1) is 6.80. The van der Waals surface area contributed by atoms with Gasteiger partial charge in [-0.15, -0.1) is 0 Å². The zero-order valence-electron chi connectivity index (χ0n) is 10.5. The summed E-state index contributed by atoms with van der Waals surface area (Å²) >= 11 is 0. The van der Waals surface area contributed by atoms with Gasteiger partial charge in [0, 0.05) is 11.9 Å². The summed E-state index contributed by atoms with van der Waals surface area (Å²) in [5, 5.41) is 4.68. The molecule has 0 aromatic carbocycles. The van der Waals surface area contributed by atoms with Gasteiger partial charge in [-0.2, -0.15) is 0 Å². The maximum absolute atomic E-state index is 5.70. The Labute approximate surface area is 93.3 Å². The molecule has 0 atom stereocenters. The molecule has 15 heavy (non-hydrogen) atoms. The van der Waals surface area contributed by atoms with Crippen molar-refractivity contribution in [3.05, 3.63) is 36.4 Å². The molecule has 0 aromatic rings. The summed E-state index contributed by atoms with van der Waals surface area (Å²) in [6.07, 6.45) is 5.63. The first-order valence-corrected chi connectivity index (χ1v) is 5.09. The van der Waals surface area contributed by atoms with Crippen LogP contribution >= 0.6 is 0 Å². The monoisotopic (exact) mass is 209 g/mol. The molecule has 0 unspecified atom stereocenters. The number of hydrogen-bond donors (Lipinski definition) is 2. The van der Waals surface area contributed by atoms with Crippen LogP contribution in [0.2, 0.25) is 0 Å². The highest BCUT2D eigenvalue weighted by molar-refractivity contribution is 5.11. The van der Waals surface area contributed by atoms with Crippen LogP contribution in [0.5, 0.6) is 0 Å². The lowest BCUT2D eigenvalue weighted by molar-refractivity contribution is 0.456. The van der Waals surface area contributed by atoms with Crippen molar-refractivity contribution >= 4 is 0 Å². The lowest BCUT2D eigenvalue weighted by Gasteiger charge is -2.21. The average Bonchev–Trinajstić information content (AvgIpc) is 2.10. The first-order valence-electron chi connectivity index (χ1n) is 5.09. The topological polar surface area (TPSA) is 41.3 Å². The third-order valence-electron chi connectivity index (χ3n) is 1.72. The van der Waals surface area contributed by atoms with Crippen LogP contribution in [0.1, 0.15) is 34.6 Å². The molecule has 0 bridgehead atoms. The third kappa shape index (κ3) is 5.96. The number of rotatable bonds is 4. The molecule has 0 fully saturated rings. The summed E-state index contributed by atoms with van der Waals surface area (Å²) in [5.74, 6) is 6.52. The minimum atomic E-state index is 0.156. The van der Waals surface area contributed by atoms with E-state index >= 15 is 0 Å². The van der Waals surface area contributed by atoms with E-state index < -0.39 is 0 Å². The lowest BCUT2D eigenvalue weighted by Crippen LogP contribution is -2.32. The normalized spacial score (nSPS) is 13.7. The first kappa shape index (κ1) is 13.8. The van der Waals surface area contributed by atoms with Crippen molar-refractivity contribution in [1.82, 2.24) is 10.3 Å². The zero-order valence-corrected chi connectivity index (χ0v) is 10.5. The van der Waals surface area contributed by atoms with Gasteiger partial charge < -0.3 is 5.32 Å². The zero-order chi connectivity index (χ0) is 12.1. The van der Waals surface area contributed by atoms with Crippen molar-refractivity contribution < 1.29 is 0 Å².